The Morgan fingerprint density at radius 3 is 2.68 bits per heavy atom. The fraction of sp³-hybridized carbons (Fsp3) is 0.167. The van der Waals surface area contributed by atoms with E-state index in [-0.39, 0.29) is 16.9 Å². The van der Waals surface area contributed by atoms with Crippen molar-refractivity contribution in [2.24, 2.45) is 0 Å². The van der Waals surface area contributed by atoms with Gasteiger partial charge in [0.1, 0.15) is 5.76 Å². The van der Waals surface area contributed by atoms with E-state index in [0.717, 1.165) is 6.07 Å². The van der Waals surface area contributed by atoms with Crippen LogP contribution in [-0.4, -0.2) is 40.8 Å². The van der Waals surface area contributed by atoms with Crippen molar-refractivity contribution in [2.45, 2.75) is 6.04 Å². The Morgan fingerprint density at radius 2 is 2.08 bits per heavy atom. The summed E-state index contributed by atoms with van der Waals surface area (Å²) in [7, 11) is 2.79. The minimum atomic E-state index is -0.829. The molecular weight excluding hydrogens is 327 g/mol. The fourth-order valence-corrected chi connectivity index (χ4v) is 2.84. The number of likely N-dealkylation sites (tertiary alicyclic amines) is 1. The van der Waals surface area contributed by atoms with Gasteiger partial charge in [0.15, 0.2) is 11.6 Å². The Bertz CT molecular complexity index is 880. The van der Waals surface area contributed by atoms with Gasteiger partial charge in [0.2, 0.25) is 0 Å². The molecule has 6 nitrogen and oxygen atoms in total. The Hall–Kier alpha value is -3.22. The lowest BCUT2D eigenvalue weighted by Crippen LogP contribution is -2.24. The molecule has 1 aromatic heterocycles. The van der Waals surface area contributed by atoms with Crippen LogP contribution < -0.4 is 4.74 Å². The molecule has 3 rings (SSSR count). The highest BCUT2D eigenvalue weighted by molar-refractivity contribution is 6.46. The summed E-state index contributed by atoms with van der Waals surface area (Å²) >= 11 is 0. The van der Waals surface area contributed by atoms with Gasteiger partial charge in [0.05, 0.1) is 18.7 Å². The Labute approximate surface area is 143 Å². The first-order chi connectivity index (χ1) is 12.0. The average Bonchev–Trinajstić information content (AvgIpc) is 2.86. The number of amides is 1. The predicted octanol–water partition coefficient (Wildman–Crippen LogP) is 2.28. The molecule has 0 aliphatic carbocycles. The number of benzene rings is 1. The number of rotatable bonds is 3. The van der Waals surface area contributed by atoms with Gasteiger partial charge in [-0.25, -0.2) is 4.39 Å². The largest absolute Gasteiger partial charge is 0.507 e. The van der Waals surface area contributed by atoms with E-state index in [1.165, 1.54) is 37.4 Å². The molecule has 2 heterocycles. The number of hydrogen-bond acceptors (Lipinski definition) is 5. The number of pyridine rings is 1. The third-order valence-corrected chi connectivity index (χ3v) is 4.10. The van der Waals surface area contributed by atoms with E-state index in [2.05, 4.69) is 4.98 Å². The molecule has 1 atom stereocenters. The molecule has 1 saturated heterocycles. The van der Waals surface area contributed by atoms with E-state index in [9.17, 15) is 19.1 Å². The number of aliphatic hydroxyl groups is 1. The third kappa shape index (κ3) is 2.73. The van der Waals surface area contributed by atoms with Crippen LogP contribution in [0.3, 0.4) is 0 Å². The molecule has 25 heavy (non-hydrogen) atoms. The highest BCUT2D eigenvalue weighted by Gasteiger charge is 2.44. The molecule has 1 aromatic carbocycles. The molecule has 0 spiro atoms. The molecule has 1 amide bonds. The number of likely N-dealkylation sites (N-methyl/N-ethyl adjacent to an activating group) is 1. The number of methoxy groups -OCH3 is 1. The zero-order valence-corrected chi connectivity index (χ0v) is 13.6. The smallest absolute Gasteiger partial charge is 0.295 e. The Morgan fingerprint density at radius 1 is 1.32 bits per heavy atom. The van der Waals surface area contributed by atoms with Crippen molar-refractivity contribution in [1.82, 2.24) is 9.88 Å². The summed E-state index contributed by atoms with van der Waals surface area (Å²) in [4.78, 5) is 29.7. The number of hydrogen-bond donors (Lipinski definition) is 1. The highest BCUT2D eigenvalue weighted by atomic mass is 19.1. The topological polar surface area (TPSA) is 79.7 Å². The van der Waals surface area contributed by atoms with Crippen molar-refractivity contribution in [2.75, 3.05) is 14.2 Å². The number of halogens is 1. The van der Waals surface area contributed by atoms with Gasteiger partial charge in [-0.1, -0.05) is 6.07 Å². The maximum absolute atomic E-state index is 13.9. The number of carbonyl (C=O) groups excluding carboxylic acids is 2. The zero-order chi connectivity index (χ0) is 18.1. The SMILES string of the molecule is COc1ccc(/C(O)=C2\C(=O)C(=O)N(C)C2c2cccnc2)cc1F. The molecule has 1 fully saturated rings. The van der Waals surface area contributed by atoms with Crippen LogP contribution in [0.4, 0.5) is 4.39 Å². The van der Waals surface area contributed by atoms with Crippen molar-refractivity contribution in [3.63, 3.8) is 0 Å². The summed E-state index contributed by atoms with van der Waals surface area (Å²) < 4.78 is 18.8. The molecule has 1 aliphatic heterocycles. The van der Waals surface area contributed by atoms with Gasteiger partial charge in [0.25, 0.3) is 11.7 Å². The van der Waals surface area contributed by atoms with Gasteiger partial charge in [-0.2, -0.15) is 0 Å². The van der Waals surface area contributed by atoms with E-state index < -0.39 is 29.3 Å². The zero-order valence-electron chi connectivity index (χ0n) is 13.6. The number of Topliss-reactive ketones (excluding diaryl/α,β-unsaturated/α-hetero) is 1. The maximum atomic E-state index is 13.9. The van der Waals surface area contributed by atoms with Crippen molar-refractivity contribution >= 4 is 17.4 Å². The van der Waals surface area contributed by atoms with Gasteiger partial charge in [-0.05, 0) is 29.8 Å². The van der Waals surface area contributed by atoms with E-state index >= 15 is 0 Å². The minimum Gasteiger partial charge on any atom is -0.507 e. The highest BCUT2D eigenvalue weighted by Crippen LogP contribution is 2.38. The van der Waals surface area contributed by atoms with E-state index in [1.54, 1.807) is 18.3 Å². The first-order valence-corrected chi connectivity index (χ1v) is 7.44. The van der Waals surface area contributed by atoms with Gasteiger partial charge in [-0.15, -0.1) is 0 Å². The first kappa shape index (κ1) is 16.6. The van der Waals surface area contributed by atoms with Crippen LogP contribution in [-0.2, 0) is 9.59 Å². The van der Waals surface area contributed by atoms with Crippen LogP contribution in [0, 0.1) is 5.82 Å². The Kier molecular flexibility index (Phi) is 4.22. The van der Waals surface area contributed by atoms with Gasteiger partial charge >= 0.3 is 0 Å². The quantitative estimate of drug-likeness (QED) is 0.526. The molecule has 1 aliphatic rings. The van der Waals surface area contributed by atoms with E-state index in [1.807, 2.05) is 0 Å². The molecule has 1 N–H and O–H groups in total. The summed E-state index contributed by atoms with van der Waals surface area (Å²) in [6.07, 6.45) is 3.07. The molecule has 0 radical (unpaired) electrons. The molecule has 128 valence electrons. The van der Waals surface area contributed by atoms with E-state index in [0.29, 0.717) is 5.56 Å². The van der Waals surface area contributed by atoms with Crippen molar-refractivity contribution in [3.05, 3.63) is 65.2 Å². The lowest BCUT2D eigenvalue weighted by molar-refractivity contribution is -0.139. The normalized spacial score (nSPS) is 19.3. The second-order valence-electron chi connectivity index (χ2n) is 5.55. The number of ether oxygens (including phenoxy) is 1. The van der Waals surface area contributed by atoms with Crippen LogP contribution in [0.25, 0.3) is 5.76 Å². The van der Waals surface area contributed by atoms with Crippen molar-refractivity contribution < 1.29 is 23.8 Å². The first-order valence-electron chi connectivity index (χ1n) is 7.44. The summed E-state index contributed by atoms with van der Waals surface area (Å²) in [6.45, 7) is 0. The second-order valence-corrected chi connectivity index (χ2v) is 5.55. The monoisotopic (exact) mass is 342 g/mol. The molecule has 7 heteroatoms. The standard InChI is InChI=1S/C18H15FN2O4/c1-21-15(11-4-3-7-20-9-11)14(17(23)18(21)24)16(22)10-5-6-13(25-2)12(19)8-10/h3-9,15,22H,1-2H3/b16-14+. The lowest BCUT2D eigenvalue weighted by atomic mass is 9.96. The van der Waals surface area contributed by atoms with Crippen molar-refractivity contribution in [1.29, 1.82) is 0 Å². The summed E-state index contributed by atoms with van der Waals surface area (Å²) in [5, 5.41) is 10.6. The molecule has 2 aromatic rings. The number of carbonyl (C=O) groups is 2. The lowest BCUT2D eigenvalue weighted by Gasteiger charge is -2.20. The minimum absolute atomic E-state index is 0.0105. The number of ketones is 1. The molecule has 0 saturated carbocycles. The number of aliphatic hydroxyl groups excluding tert-OH is 1. The maximum Gasteiger partial charge on any atom is 0.295 e. The van der Waals surface area contributed by atoms with Crippen LogP contribution in [0.1, 0.15) is 17.2 Å². The summed E-state index contributed by atoms with van der Waals surface area (Å²) in [5.41, 5.74) is 0.545. The van der Waals surface area contributed by atoms with Gasteiger partial charge < -0.3 is 14.7 Å². The van der Waals surface area contributed by atoms with Gasteiger partial charge in [-0.3, -0.25) is 14.6 Å². The Balaban J connectivity index is 2.16. The predicted molar refractivity (Wildman–Crippen MR) is 87.3 cm³/mol. The fourth-order valence-electron chi connectivity index (χ4n) is 2.84. The van der Waals surface area contributed by atoms with Crippen LogP contribution in [0.15, 0.2) is 48.3 Å². The van der Waals surface area contributed by atoms with Gasteiger partial charge in [0, 0.05) is 25.0 Å². The summed E-state index contributed by atoms with van der Waals surface area (Å²) in [5.74, 6) is -2.70. The molecular formula is C18H15FN2O4. The van der Waals surface area contributed by atoms with Crippen LogP contribution in [0.2, 0.25) is 0 Å². The van der Waals surface area contributed by atoms with Crippen molar-refractivity contribution in [3.8, 4) is 5.75 Å². The molecule has 0 bridgehead atoms. The third-order valence-electron chi connectivity index (χ3n) is 4.10. The van der Waals surface area contributed by atoms with Crippen LogP contribution >= 0.6 is 0 Å². The molecule has 1 unspecified atom stereocenters. The average molecular weight is 342 g/mol. The number of aromatic nitrogens is 1. The van der Waals surface area contributed by atoms with Crippen LogP contribution in [0.5, 0.6) is 5.75 Å². The second kappa shape index (κ2) is 6.35. The number of nitrogens with zero attached hydrogens (tertiary/aromatic N) is 2. The van der Waals surface area contributed by atoms with E-state index in [4.69, 9.17) is 4.74 Å². The summed E-state index contributed by atoms with van der Waals surface area (Å²) in [6, 6.07) is 6.38.